The Balaban J connectivity index is 2.32. The molecule has 0 bridgehead atoms. The minimum absolute atomic E-state index is 0.148. The monoisotopic (exact) mass is 280 g/mol. The van der Waals surface area contributed by atoms with E-state index in [1.54, 1.807) is 0 Å². The van der Waals surface area contributed by atoms with Crippen LogP contribution in [0, 0.1) is 6.92 Å². The van der Waals surface area contributed by atoms with Crippen molar-refractivity contribution in [3.05, 3.63) is 28.3 Å². The zero-order valence-electron chi connectivity index (χ0n) is 12.8. The Labute approximate surface area is 122 Å². The molecule has 1 saturated heterocycles. The van der Waals surface area contributed by atoms with Crippen LogP contribution in [0.3, 0.4) is 0 Å². The third-order valence-electron chi connectivity index (χ3n) is 3.94. The molecule has 2 rings (SSSR count). The molecule has 1 aliphatic rings. The zero-order chi connectivity index (χ0) is 14.2. The number of aryl methyl sites for hydroxylation is 1. The van der Waals surface area contributed by atoms with E-state index in [-0.39, 0.29) is 5.41 Å². The molecule has 1 aliphatic heterocycles. The van der Waals surface area contributed by atoms with Gasteiger partial charge in [0.1, 0.15) is 0 Å². The highest BCUT2D eigenvalue weighted by Gasteiger charge is 2.21. The molecule has 0 aromatic heterocycles. The van der Waals surface area contributed by atoms with E-state index in [0.29, 0.717) is 0 Å². The average Bonchev–Trinajstić information content (AvgIpc) is 2.29. The largest absolute Gasteiger partial charge is 0.368 e. The second kappa shape index (κ2) is 5.34. The average molecular weight is 281 g/mol. The van der Waals surface area contributed by atoms with Crippen molar-refractivity contribution in [2.24, 2.45) is 0 Å². The first-order valence-corrected chi connectivity index (χ1v) is 7.41. The molecule has 19 heavy (non-hydrogen) atoms. The van der Waals surface area contributed by atoms with Crippen molar-refractivity contribution < 1.29 is 0 Å². The van der Waals surface area contributed by atoms with Crippen LogP contribution in [0.1, 0.15) is 31.9 Å². The first-order valence-electron chi connectivity index (χ1n) is 7.03. The fraction of sp³-hybridized carbons (Fsp3) is 0.625. The number of hydrogen-bond acceptors (Lipinski definition) is 2. The van der Waals surface area contributed by atoms with Crippen molar-refractivity contribution in [1.29, 1.82) is 0 Å². The number of anilines is 1. The predicted molar refractivity (Wildman–Crippen MR) is 84.6 cm³/mol. The molecule has 0 unspecified atom stereocenters. The maximum absolute atomic E-state index is 6.56. The summed E-state index contributed by atoms with van der Waals surface area (Å²) in [5.41, 5.74) is 3.98. The minimum Gasteiger partial charge on any atom is -0.368 e. The second-order valence-corrected chi connectivity index (χ2v) is 7.07. The molecule has 1 aromatic carbocycles. The van der Waals surface area contributed by atoms with Crippen LogP contribution in [0.15, 0.2) is 12.1 Å². The van der Waals surface area contributed by atoms with Gasteiger partial charge in [0, 0.05) is 26.2 Å². The number of halogens is 1. The number of hydrogen-bond donors (Lipinski definition) is 0. The summed E-state index contributed by atoms with van der Waals surface area (Å²) in [5, 5.41) is 0.898. The summed E-state index contributed by atoms with van der Waals surface area (Å²) < 4.78 is 0. The number of piperazine rings is 1. The fourth-order valence-electron chi connectivity index (χ4n) is 2.60. The van der Waals surface area contributed by atoms with E-state index >= 15 is 0 Å². The van der Waals surface area contributed by atoms with Crippen molar-refractivity contribution in [2.75, 3.05) is 38.1 Å². The summed E-state index contributed by atoms with van der Waals surface area (Å²) in [7, 11) is 2.18. The normalized spacial score (nSPS) is 17.9. The lowest BCUT2D eigenvalue weighted by Crippen LogP contribution is -2.44. The Morgan fingerprint density at radius 2 is 1.63 bits per heavy atom. The predicted octanol–water partition coefficient (Wildman–Crippen LogP) is 3.70. The lowest BCUT2D eigenvalue weighted by Gasteiger charge is -2.36. The van der Waals surface area contributed by atoms with Crippen LogP contribution in [0.2, 0.25) is 5.02 Å². The molecule has 0 N–H and O–H groups in total. The van der Waals surface area contributed by atoms with Gasteiger partial charge in [-0.25, -0.2) is 0 Å². The van der Waals surface area contributed by atoms with Gasteiger partial charge in [-0.3, -0.25) is 0 Å². The highest BCUT2D eigenvalue weighted by Crippen LogP contribution is 2.35. The molecular weight excluding hydrogens is 256 g/mol. The Morgan fingerprint density at radius 1 is 1.05 bits per heavy atom. The Kier molecular flexibility index (Phi) is 4.12. The van der Waals surface area contributed by atoms with E-state index in [1.165, 1.54) is 16.8 Å². The van der Waals surface area contributed by atoms with Gasteiger partial charge in [0.25, 0.3) is 0 Å². The molecule has 2 nitrogen and oxygen atoms in total. The lowest BCUT2D eigenvalue weighted by atomic mass is 9.86. The van der Waals surface area contributed by atoms with Gasteiger partial charge in [-0.1, -0.05) is 38.4 Å². The van der Waals surface area contributed by atoms with Gasteiger partial charge >= 0.3 is 0 Å². The summed E-state index contributed by atoms with van der Waals surface area (Å²) in [5.74, 6) is 0. The molecule has 0 aliphatic carbocycles. The molecule has 1 aromatic rings. The molecule has 0 radical (unpaired) electrons. The van der Waals surface area contributed by atoms with Crippen molar-refractivity contribution in [3.63, 3.8) is 0 Å². The smallest absolute Gasteiger partial charge is 0.0645 e. The number of benzene rings is 1. The Morgan fingerprint density at radius 3 is 2.11 bits per heavy atom. The van der Waals surface area contributed by atoms with Crippen LogP contribution in [-0.4, -0.2) is 38.1 Å². The van der Waals surface area contributed by atoms with Gasteiger partial charge in [0.05, 0.1) is 10.7 Å². The molecule has 0 saturated carbocycles. The summed E-state index contributed by atoms with van der Waals surface area (Å²) in [6, 6.07) is 4.43. The molecule has 0 amide bonds. The van der Waals surface area contributed by atoms with E-state index in [2.05, 4.69) is 56.7 Å². The van der Waals surface area contributed by atoms with Crippen LogP contribution in [0.4, 0.5) is 5.69 Å². The van der Waals surface area contributed by atoms with Gasteiger partial charge in [0.15, 0.2) is 0 Å². The van der Waals surface area contributed by atoms with Crippen molar-refractivity contribution in [3.8, 4) is 0 Å². The molecule has 106 valence electrons. The van der Waals surface area contributed by atoms with Gasteiger partial charge < -0.3 is 9.80 Å². The van der Waals surface area contributed by atoms with Crippen molar-refractivity contribution >= 4 is 17.3 Å². The number of nitrogens with zero attached hydrogens (tertiary/aromatic N) is 2. The van der Waals surface area contributed by atoms with Crippen LogP contribution in [0.25, 0.3) is 0 Å². The van der Waals surface area contributed by atoms with Gasteiger partial charge in [-0.2, -0.15) is 0 Å². The van der Waals surface area contributed by atoms with Crippen LogP contribution >= 0.6 is 11.6 Å². The maximum atomic E-state index is 6.56. The highest BCUT2D eigenvalue weighted by molar-refractivity contribution is 6.33. The Hall–Kier alpha value is -0.730. The van der Waals surface area contributed by atoms with E-state index < -0.39 is 0 Å². The first-order chi connectivity index (χ1) is 8.79. The lowest BCUT2D eigenvalue weighted by molar-refractivity contribution is 0.312. The van der Waals surface area contributed by atoms with Crippen LogP contribution in [-0.2, 0) is 5.41 Å². The third kappa shape index (κ3) is 3.24. The Bertz CT molecular complexity index is 431. The minimum atomic E-state index is 0.148. The highest BCUT2D eigenvalue weighted by atomic mass is 35.5. The van der Waals surface area contributed by atoms with E-state index in [0.717, 1.165) is 31.2 Å². The SMILES string of the molecule is Cc1cc(C(C)(C)C)cc(Cl)c1N1CCN(C)CC1. The standard InChI is InChI=1S/C16H25ClN2/c1-12-10-13(16(2,3)4)11-14(17)15(12)19-8-6-18(5)7-9-19/h10-11H,6-9H2,1-5H3. The summed E-state index contributed by atoms with van der Waals surface area (Å²) in [6.07, 6.45) is 0. The van der Waals surface area contributed by atoms with Crippen LogP contribution < -0.4 is 4.90 Å². The van der Waals surface area contributed by atoms with Gasteiger partial charge in [-0.15, -0.1) is 0 Å². The van der Waals surface area contributed by atoms with Crippen LogP contribution in [0.5, 0.6) is 0 Å². The van der Waals surface area contributed by atoms with Crippen molar-refractivity contribution in [2.45, 2.75) is 33.1 Å². The third-order valence-corrected chi connectivity index (χ3v) is 4.23. The summed E-state index contributed by atoms with van der Waals surface area (Å²) in [6.45, 7) is 13.2. The van der Waals surface area contributed by atoms with E-state index in [9.17, 15) is 0 Å². The molecule has 0 spiro atoms. The number of rotatable bonds is 1. The summed E-state index contributed by atoms with van der Waals surface area (Å²) >= 11 is 6.56. The maximum Gasteiger partial charge on any atom is 0.0645 e. The van der Waals surface area contributed by atoms with Gasteiger partial charge in [-0.05, 0) is 36.6 Å². The second-order valence-electron chi connectivity index (χ2n) is 6.66. The van der Waals surface area contributed by atoms with Gasteiger partial charge in [0.2, 0.25) is 0 Å². The van der Waals surface area contributed by atoms with E-state index in [4.69, 9.17) is 11.6 Å². The fourth-order valence-corrected chi connectivity index (χ4v) is 2.99. The molecule has 1 fully saturated rings. The zero-order valence-corrected chi connectivity index (χ0v) is 13.5. The quantitative estimate of drug-likeness (QED) is 0.774. The van der Waals surface area contributed by atoms with E-state index in [1.807, 2.05) is 0 Å². The molecular formula is C16H25ClN2. The topological polar surface area (TPSA) is 6.48 Å². The summed E-state index contributed by atoms with van der Waals surface area (Å²) in [4.78, 5) is 4.79. The number of likely N-dealkylation sites (N-methyl/N-ethyl adjacent to an activating group) is 1. The first kappa shape index (κ1) is 14.7. The molecule has 3 heteroatoms. The molecule has 0 atom stereocenters. The van der Waals surface area contributed by atoms with Crippen molar-refractivity contribution in [1.82, 2.24) is 4.90 Å². The molecule has 1 heterocycles.